The number of likely N-dealkylation sites (tertiary alicyclic amines) is 1. The molecule has 3 heterocycles. The van der Waals surface area contributed by atoms with E-state index in [9.17, 15) is 44.7 Å². The normalized spacial score (nSPS) is 39.2. The molecule has 0 bridgehead atoms. The zero-order valence-electron chi connectivity index (χ0n) is 32.3. The number of amides is 3. The predicted octanol–water partition coefficient (Wildman–Crippen LogP) is -0.606. The molecule has 17 nitrogen and oxygen atoms in total. The highest BCUT2D eigenvalue weighted by Gasteiger charge is 2.53. The molecule has 3 amide bonds. The van der Waals surface area contributed by atoms with Gasteiger partial charge in [-0.25, -0.2) is 0 Å². The van der Waals surface area contributed by atoms with Crippen LogP contribution in [-0.2, 0) is 42.9 Å². The fourth-order valence-electron chi connectivity index (χ4n) is 8.82. The number of ketones is 1. The third kappa shape index (κ3) is 10.8. The zero-order chi connectivity index (χ0) is 40.0. The highest BCUT2D eigenvalue weighted by molar-refractivity contribution is 5.86. The fourth-order valence-corrected chi connectivity index (χ4v) is 8.82. The van der Waals surface area contributed by atoms with Crippen molar-refractivity contribution in [3.8, 4) is 0 Å². The van der Waals surface area contributed by atoms with E-state index >= 15 is 0 Å². The van der Waals surface area contributed by atoms with Gasteiger partial charge >= 0.3 is 0 Å². The SMILES string of the molecule is CCC1CC(C(=O)CCC(N)=O)C[C@@H](O[C@@H]2O[C@@H](CO)[C@H](O)C(O[C@@H](CC3CCCCC3)C(=O)N3CCC3)C2NC(C)=O)[C@@H]1O[C@@H]1OC(C)[C@@H](O)[C@H](O)C1O. The van der Waals surface area contributed by atoms with Crippen LogP contribution in [0.2, 0.25) is 0 Å². The van der Waals surface area contributed by atoms with Crippen LogP contribution in [-0.4, -0.2) is 153 Å². The van der Waals surface area contributed by atoms with Gasteiger partial charge in [0.25, 0.3) is 5.91 Å². The van der Waals surface area contributed by atoms with Crippen LogP contribution in [0.4, 0.5) is 0 Å². The second kappa shape index (κ2) is 19.9. The summed E-state index contributed by atoms with van der Waals surface area (Å²) in [7, 11) is 0. The Kier molecular flexibility index (Phi) is 15.8. The highest BCUT2D eigenvalue weighted by Crippen LogP contribution is 2.40. The summed E-state index contributed by atoms with van der Waals surface area (Å²) in [5.74, 6) is -2.31. The lowest BCUT2D eigenvalue weighted by Crippen LogP contribution is -2.67. The van der Waals surface area contributed by atoms with Crippen LogP contribution in [0.1, 0.15) is 97.8 Å². The number of Topliss-reactive ketones (excluding diaryl/α,β-unsaturated/α-hetero) is 1. The topological polar surface area (TPSA) is 257 Å². The van der Waals surface area contributed by atoms with Crippen LogP contribution in [0.15, 0.2) is 0 Å². The number of aliphatic hydroxyl groups excluding tert-OH is 5. The van der Waals surface area contributed by atoms with Gasteiger partial charge in [-0.1, -0.05) is 45.4 Å². The van der Waals surface area contributed by atoms with Crippen molar-refractivity contribution in [3.63, 3.8) is 0 Å². The molecule has 0 radical (unpaired) electrons. The molecule has 0 aromatic rings. The standard InChI is InChI=1S/C38H63N3O14/c1-4-22-16-23(24(44)11-12-28(39)45)17-25(34(22)55-38-33(49)32(48)30(46)19(2)51-38)53-37-29(40-20(3)43)35(31(47)27(18-42)54-37)52-26(36(50)41-13-8-14-41)15-21-9-6-5-7-10-21/h19,21-23,25-27,29-35,37-38,42,46-49H,4-18H2,1-3H3,(H2,39,45)(H,40,43)/t19?,22?,23?,25-,26+,27+,29?,30-,31+,32+,33?,34-,35?,37-,38+/m1/s1. The predicted molar refractivity (Wildman–Crippen MR) is 192 cm³/mol. The van der Waals surface area contributed by atoms with Crippen molar-refractivity contribution in [1.29, 1.82) is 0 Å². The molecule has 5 fully saturated rings. The quantitative estimate of drug-likeness (QED) is 0.103. The molecule has 6 unspecified atom stereocenters. The molecule has 0 aromatic carbocycles. The van der Waals surface area contributed by atoms with E-state index in [1.54, 1.807) is 4.90 Å². The molecule has 0 spiro atoms. The van der Waals surface area contributed by atoms with Crippen LogP contribution >= 0.6 is 0 Å². The molecule has 17 heteroatoms. The number of rotatable bonds is 16. The molecule has 314 valence electrons. The molecule has 15 atom stereocenters. The van der Waals surface area contributed by atoms with Crippen LogP contribution in [0, 0.1) is 17.8 Å². The molecular weight excluding hydrogens is 722 g/mol. The summed E-state index contributed by atoms with van der Waals surface area (Å²) in [6, 6.07) is -1.20. The lowest BCUT2D eigenvalue weighted by Gasteiger charge is -2.49. The van der Waals surface area contributed by atoms with Crippen molar-refractivity contribution in [2.45, 2.75) is 177 Å². The Hall–Kier alpha value is -2.32. The second-order valence-electron chi connectivity index (χ2n) is 16.2. The van der Waals surface area contributed by atoms with Crippen molar-refractivity contribution in [3.05, 3.63) is 0 Å². The fraction of sp³-hybridized carbons (Fsp3) is 0.895. The van der Waals surface area contributed by atoms with Gasteiger partial charge in [-0.05, 0) is 44.4 Å². The number of ether oxygens (including phenoxy) is 5. The summed E-state index contributed by atoms with van der Waals surface area (Å²) in [5, 5.41) is 56.6. The minimum absolute atomic E-state index is 0.0462. The third-order valence-corrected chi connectivity index (χ3v) is 12.2. The number of nitrogens with zero attached hydrogens (tertiary/aromatic N) is 1. The molecule has 3 saturated heterocycles. The van der Waals surface area contributed by atoms with Gasteiger partial charge in [0.15, 0.2) is 12.6 Å². The van der Waals surface area contributed by atoms with Gasteiger partial charge in [-0.2, -0.15) is 0 Å². The highest BCUT2D eigenvalue weighted by atomic mass is 16.7. The van der Waals surface area contributed by atoms with Gasteiger partial charge in [0, 0.05) is 38.8 Å². The average Bonchev–Trinajstić information content (AvgIpc) is 3.13. The van der Waals surface area contributed by atoms with E-state index in [-0.39, 0.29) is 42.8 Å². The van der Waals surface area contributed by atoms with Gasteiger partial charge in [0.2, 0.25) is 11.8 Å². The summed E-state index contributed by atoms with van der Waals surface area (Å²) in [6.45, 7) is 5.22. The van der Waals surface area contributed by atoms with E-state index in [0.29, 0.717) is 32.4 Å². The maximum absolute atomic E-state index is 13.8. The summed E-state index contributed by atoms with van der Waals surface area (Å²) in [5.41, 5.74) is 5.35. The molecule has 55 heavy (non-hydrogen) atoms. The van der Waals surface area contributed by atoms with E-state index in [1.165, 1.54) is 13.8 Å². The van der Waals surface area contributed by atoms with Crippen LogP contribution < -0.4 is 11.1 Å². The second-order valence-corrected chi connectivity index (χ2v) is 16.2. The lowest BCUT2D eigenvalue weighted by molar-refractivity contribution is -0.338. The molecule has 2 saturated carbocycles. The lowest BCUT2D eigenvalue weighted by atomic mass is 9.74. The third-order valence-electron chi connectivity index (χ3n) is 12.2. The number of carbonyl (C=O) groups is 4. The first-order chi connectivity index (χ1) is 26.2. The van der Waals surface area contributed by atoms with E-state index in [2.05, 4.69) is 5.32 Å². The molecule has 2 aliphatic carbocycles. The molecule has 5 aliphatic rings. The Balaban J connectivity index is 1.46. The van der Waals surface area contributed by atoms with Crippen molar-refractivity contribution >= 4 is 23.5 Å². The van der Waals surface area contributed by atoms with Crippen molar-refractivity contribution in [1.82, 2.24) is 10.2 Å². The smallest absolute Gasteiger partial charge is 0.251 e. The van der Waals surface area contributed by atoms with E-state index in [1.807, 2.05) is 6.92 Å². The molecule has 0 aromatic heterocycles. The summed E-state index contributed by atoms with van der Waals surface area (Å²) in [6.07, 6.45) is -8.09. The Morgan fingerprint density at radius 3 is 2.18 bits per heavy atom. The zero-order valence-corrected chi connectivity index (χ0v) is 32.3. The summed E-state index contributed by atoms with van der Waals surface area (Å²) in [4.78, 5) is 53.4. The first kappa shape index (κ1) is 43.8. The van der Waals surface area contributed by atoms with Gasteiger partial charge in [0.05, 0.1) is 24.9 Å². The van der Waals surface area contributed by atoms with Crippen LogP contribution in [0.3, 0.4) is 0 Å². The molecule has 5 rings (SSSR count). The summed E-state index contributed by atoms with van der Waals surface area (Å²) < 4.78 is 31.6. The maximum atomic E-state index is 13.8. The maximum Gasteiger partial charge on any atom is 0.251 e. The van der Waals surface area contributed by atoms with Crippen LogP contribution in [0.25, 0.3) is 0 Å². The van der Waals surface area contributed by atoms with Crippen molar-refractivity contribution < 1.29 is 68.4 Å². The average molecular weight is 786 g/mol. The number of nitrogens with one attached hydrogen (secondary N) is 1. The van der Waals surface area contributed by atoms with Gasteiger partial charge in [-0.15, -0.1) is 0 Å². The largest absolute Gasteiger partial charge is 0.394 e. The number of hydrogen-bond acceptors (Lipinski definition) is 14. The first-order valence-electron chi connectivity index (χ1n) is 20.2. The Morgan fingerprint density at radius 1 is 0.873 bits per heavy atom. The monoisotopic (exact) mass is 785 g/mol. The minimum atomic E-state index is -1.63. The van der Waals surface area contributed by atoms with Crippen molar-refractivity contribution in [2.75, 3.05) is 19.7 Å². The van der Waals surface area contributed by atoms with E-state index in [0.717, 1.165) is 38.5 Å². The Labute approximate surface area is 322 Å². The molecule has 3 aliphatic heterocycles. The Morgan fingerprint density at radius 2 is 1.58 bits per heavy atom. The minimum Gasteiger partial charge on any atom is -0.394 e. The molecular formula is C38H63N3O14. The van der Waals surface area contributed by atoms with Crippen LogP contribution in [0.5, 0.6) is 0 Å². The first-order valence-corrected chi connectivity index (χ1v) is 20.2. The molecule has 8 N–H and O–H groups in total. The Bertz CT molecular complexity index is 1300. The number of aliphatic hydroxyl groups is 5. The van der Waals surface area contributed by atoms with E-state index < -0.39 is 104 Å². The summed E-state index contributed by atoms with van der Waals surface area (Å²) >= 11 is 0. The number of primary amides is 1. The van der Waals surface area contributed by atoms with Crippen molar-refractivity contribution in [2.24, 2.45) is 23.5 Å². The van der Waals surface area contributed by atoms with Gasteiger partial charge in [0.1, 0.15) is 54.6 Å². The van der Waals surface area contributed by atoms with Gasteiger partial charge < -0.3 is 65.2 Å². The number of nitrogens with two attached hydrogens (primary N) is 1. The number of hydrogen-bond donors (Lipinski definition) is 7. The van der Waals surface area contributed by atoms with Gasteiger partial charge in [-0.3, -0.25) is 19.2 Å². The van der Waals surface area contributed by atoms with E-state index in [4.69, 9.17) is 29.4 Å². The number of carbonyl (C=O) groups excluding carboxylic acids is 4.